The van der Waals surface area contributed by atoms with E-state index < -0.39 is 11.7 Å². The molecule has 0 saturated carbocycles. The molecule has 0 fully saturated rings. The highest BCUT2D eigenvalue weighted by Crippen LogP contribution is 2.24. The molecule has 1 amide bonds. The first-order chi connectivity index (χ1) is 9.19. The Bertz CT molecular complexity index is 496. The maximum atomic E-state index is 11.4. The number of aryl methyl sites for hydroxylation is 1. The van der Waals surface area contributed by atoms with Crippen LogP contribution in [0.15, 0.2) is 18.2 Å². The number of carbonyl (C=O) groups excluding carboxylic acids is 1. The third-order valence-corrected chi connectivity index (χ3v) is 2.74. The van der Waals surface area contributed by atoms with Crippen molar-refractivity contribution in [2.45, 2.75) is 33.3 Å². The van der Waals surface area contributed by atoms with Crippen LogP contribution in [0.4, 0.5) is 10.5 Å². The fourth-order valence-electron chi connectivity index (χ4n) is 1.53. The van der Waals surface area contributed by atoms with E-state index in [2.05, 4.69) is 5.32 Å². The molecular weight excluding hydrogens is 276 g/mol. The van der Waals surface area contributed by atoms with E-state index in [0.717, 1.165) is 11.1 Å². The maximum absolute atomic E-state index is 11.4. The highest BCUT2D eigenvalue weighted by Gasteiger charge is 2.14. The van der Waals surface area contributed by atoms with Crippen molar-refractivity contribution in [2.24, 2.45) is 0 Å². The van der Waals surface area contributed by atoms with Gasteiger partial charge in [0.15, 0.2) is 0 Å². The summed E-state index contributed by atoms with van der Waals surface area (Å²) in [6, 6.07) is 3.72. The minimum atomic E-state index is -0.491. The first-order valence-corrected chi connectivity index (χ1v) is 6.76. The molecular formula is C15H21ClN2O2. The molecule has 0 unspecified atom stereocenters. The smallest absolute Gasteiger partial charge is 0.407 e. The third-order valence-electron chi connectivity index (χ3n) is 2.43. The Balaban J connectivity index is 2.52. The summed E-state index contributed by atoms with van der Waals surface area (Å²) in [4.78, 5) is 11.4. The predicted molar refractivity (Wildman–Crippen MR) is 83.9 cm³/mol. The minimum Gasteiger partial charge on any atom is -0.444 e. The molecule has 0 aliphatic heterocycles. The van der Waals surface area contributed by atoms with Crippen LogP contribution in [0.5, 0.6) is 0 Å². The van der Waals surface area contributed by atoms with Gasteiger partial charge in [0.05, 0.1) is 10.7 Å². The normalized spacial score (nSPS) is 11.7. The van der Waals surface area contributed by atoms with Crippen molar-refractivity contribution >= 4 is 29.5 Å². The molecule has 1 rings (SSSR count). The largest absolute Gasteiger partial charge is 0.444 e. The summed E-state index contributed by atoms with van der Waals surface area (Å²) >= 11 is 6.01. The number of amides is 1. The Morgan fingerprint density at radius 1 is 1.45 bits per heavy atom. The Morgan fingerprint density at radius 3 is 2.65 bits per heavy atom. The summed E-state index contributed by atoms with van der Waals surface area (Å²) < 4.78 is 5.12. The molecule has 3 N–H and O–H groups in total. The van der Waals surface area contributed by atoms with Gasteiger partial charge < -0.3 is 15.8 Å². The van der Waals surface area contributed by atoms with Crippen molar-refractivity contribution in [3.05, 3.63) is 34.4 Å². The van der Waals surface area contributed by atoms with Crippen LogP contribution in [0.2, 0.25) is 5.02 Å². The van der Waals surface area contributed by atoms with E-state index in [9.17, 15) is 4.79 Å². The van der Waals surface area contributed by atoms with Gasteiger partial charge in [-0.2, -0.15) is 0 Å². The predicted octanol–water partition coefficient (Wildman–Crippen LogP) is 3.77. The zero-order chi connectivity index (χ0) is 15.3. The van der Waals surface area contributed by atoms with Gasteiger partial charge in [0, 0.05) is 6.54 Å². The molecule has 20 heavy (non-hydrogen) atoms. The second-order valence-corrected chi connectivity index (χ2v) is 5.93. The van der Waals surface area contributed by atoms with Crippen molar-refractivity contribution in [3.8, 4) is 0 Å². The number of nitrogens with one attached hydrogen (secondary N) is 1. The number of hydrogen-bond acceptors (Lipinski definition) is 3. The SMILES string of the molecule is Cc1cc(C=CCNC(=O)OC(C)(C)C)cc(Cl)c1N. The second-order valence-electron chi connectivity index (χ2n) is 5.52. The molecule has 0 heterocycles. The summed E-state index contributed by atoms with van der Waals surface area (Å²) in [6.07, 6.45) is 3.26. The van der Waals surface area contributed by atoms with Gasteiger partial charge in [-0.25, -0.2) is 4.79 Å². The topological polar surface area (TPSA) is 64.3 Å². The van der Waals surface area contributed by atoms with Gasteiger partial charge in [-0.1, -0.05) is 23.8 Å². The molecule has 0 saturated heterocycles. The lowest BCUT2D eigenvalue weighted by Gasteiger charge is -2.19. The first kappa shape index (κ1) is 16.4. The average molecular weight is 297 g/mol. The van der Waals surface area contributed by atoms with Crippen LogP contribution >= 0.6 is 11.6 Å². The second kappa shape index (κ2) is 6.66. The van der Waals surface area contributed by atoms with Crippen LogP contribution in [-0.4, -0.2) is 18.2 Å². The zero-order valence-corrected chi connectivity index (χ0v) is 13.0. The van der Waals surface area contributed by atoms with Gasteiger partial charge in [-0.3, -0.25) is 0 Å². The molecule has 0 aliphatic rings. The average Bonchev–Trinajstić information content (AvgIpc) is 2.29. The number of ether oxygens (including phenoxy) is 1. The van der Waals surface area contributed by atoms with Crippen LogP contribution in [0.25, 0.3) is 6.08 Å². The van der Waals surface area contributed by atoms with Crippen LogP contribution in [0.3, 0.4) is 0 Å². The Morgan fingerprint density at radius 2 is 2.10 bits per heavy atom. The van der Waals surface area contributed by atoms with E-state index in [1.165, 1.54) is 0 Å². The third kappa shape index (κ3) is 5.53. The molecule has 110 valence electrons. The lowest BCUT2D eigenvalue weighted by Crippen LogP contribution is -2.32. The molecule has 0 spiro atoms. The number of nitrogens with two attached hydrogens (primary N) is 1. The van der Waals surface area contributed by atoms with Crippen molar-refractivity contribution in [1.82, 2.24) is 5.32 Å². The summed E-state index contributed by atoms with van der Waals surface area (Å²) in [6.45, 7) is 7.75. The van der Waals surface area contributed by atoms with Crippen molar-refractivity contribution in [1.29, 1.82) is 0 Å². The lowest BCUT2D eigenvalue weighted by molar-refractivity contribution is 0.0534. The van der Waals surface area contributed by atoms with E-state index in [0.29, 0.717) is 17.3 Å². The number of carbonyl (C=O) groups is 1. The molecule has 1 aromatic rings. The number of benzene rings is 1. The summed E-state index contributed by atoms with van der Waals surface area (Å²) in [5.41, 5.74) is 7.74. The number of nitrogen functional groups attached to an aromatic ring is 1. The molecule has 0 bridgehead atoms. The molecule has 5 heteroatoms. The quantitative estimate of drug-likeness (QED) is 0.835. The van der Waals surface area contributed by atoms with E-state index >= 15 is 0 Å². The van der Waals surface area contributed by atoms with Gasteiger partial charge in [-0.15, -0.1) is 0 Å². The lowest BCUT2D eigenvalue weighted by atomic mass is 10.1. The summed E-state index contributed by atoms with van der Waals surface area (Å²) in [5, 5.41) is 3.18. The van der Waals surface area contributed by atoms with E-state index in [1.54, 1.807) is 6.07 Å². The number of rotatable bonds is 3. The molecule has 0 atom stereocenters. The van der Waals surface area contributed by atoms with E-state index in [-0.39, 0.29) is 0 Å². The number of alkyl carbamates (subject to hydrolysis) is 1. The fraction of sp³-hybridized carbons (Fsp3) is 0.400. The Kier molecular flexibility index (Phi) is 5.45. The monoisotopic (exact) mass is 296 g/mol. The van der Waals surface area contributed by atoms with E-state index in [4.69, 9.17) is 22.1 Å². The number of halogens is 1. The first-order valence-electron chi connectivity index (χ1n) is 6.38. The highest BCUT2D eigenvalue weighted by atomic mass is 35.5. The summed E-state index contributed by atoms with van der Waals surface area (Å²) in [7, 11) is 0. The number of anilines is 1. The van der Waals surface area contributed by atoms with E-state index in [1.807, 2.05) is 45.9 Å². The molecule has 4 nitrogen and oxygen atoms in total. The van der Waals surface area contributed by atoms with Gasteiger partial charge in [-0.05, 0) is 51.0 Å². The molecule has 0 aliphatic carbocycles. The van der Waals surface area contributed by atoms with Gasteiger partial charge in [0.2, 0.25) is 0 Å². The fourth-order valence-corrected chi connectivity index (χ4v) is 1.80. The zero-order valence-electron chi connectivity index (χ0n) is 12.3. The van der Waals surface area contributed by atoms with Crippen LogP contribution in [0, 0.1) is 6.92 Å². The van der Waals surface area contributed by atoms with Crippen molar-refractivity contribution in [3.63, 3.8) is 0 Å². The van der Waals surface area contributed by atoms with Crippen LogP contribution in [0.1, 0.15) is 31.9 Å². The van der Waals surface area contributed by atoms with Crippen molar-refractivity contribution in [2.75, 3.05) is 12.3 Å². The molecule has 1 aromatic carbocycles. The standard InChI is InChI=1S/C15H21ClN2O2/c1-10-8-11(9-12(16)13(10)17)6-5-7-18-14(19)20-15(2,3)4/h5-6,8-9H,7,17H2,1-4H3,(H,18,19). The molecule has 0 aromatic heterocycles. The summed E-state index contributed by atoms with van der Waals surface area (Å²) in [5.74, 6) is 0. The van der Waals surface area contributed by atoms with Gasteiger partial charge >= 0.3 is 6.09 Å². The minimum absolute atomic E-state index is 0.385. The highest BCUT2D eigenvalue weighted by molar-refractivity contribution is 6.33. The maximum Gasteiger partial charge on any atom is 0.407 e. The number of hydrogen-bond donors (Lipinski definition) is 2. The van der Waals surface area contributed by atoms with Crippen LogP contribution < -0.4 is 11.1 Å². The Hall–Kier alpha value is -1.68. The van der Waals surface area contributed by atoms with Crippen molar-refractivity contribution < 1.29 is 9.53 Å². The van der Waals surface area contributed by atoms with Gasteiger partial charge in [0.1, 0.15) is 5.60 Å². The van der Waals surface area contributed by atoms with Gasteiger partial charge in [0.25, 0.3) is 0 Å². The molecule has 0 radical (unpaired) electrons. The Labute approximate surface area is 124 Å². The van der Waals surface area contributed by atoms with Crippen LogP contribution in [-0.2, 0) is 4.74 Å².